The Balaban J connectivity index is 1.74. The van der Waals surface area contributed by atoms with Crippen LogP contribution in [0.15, 0.2) is 10.6 Å². The molecule has 2 heterocycles. The maximum absolute atomic E-state index is 12.2. The number of carbonyl (C=O) groups excluding carboxylic acids is 2. The Morgan fingerprint density at radius 3 is 2.79 bits per heavy atom. The highest BCUT2D eigenvalue weighted by molar-refractivity contribution is 8.00. The number of carboxylic acids is 1. The molecule has 132 valence electrons. The summed E-state index contributed by atoms with van der Waals surface area (Å²) in [6.07, 6.45) is -1.35. The number of aromatic nitrogens is 1. The minimum absolute atomic E-state index is 0.0173. The van der Waals surface area contributed by atoms with Crippen molar-refractivity contribution in [3.8, 4) is 0 Å². The molecule has 1 aliphatic rings. The van der Waals surface area contributed by atoms with Gasteiger partial charge in [0.15, 0.2) is 11.9 Å². The number of hydrogen-bond donors (Lipinski definition) is 2. The van der Waals surface area contributed by atoms with Crippen LogP contribution in [0.2, 0.25) is 0 Å². The van der Waals surface area contributed by atoms with Gasteiger partial charge in [0, 0.05) is 12.6 Å². The summed E-state index contributed by atoms with van der Waals surface area (Å²) < 4.78 is 10.1. The van der Waals surface area contributed by atoms with Crippen LogP contribution < -0.4 is 5.32 Å². The van der Waals surface area contributed by atoms with Gasteiger partial charge in [-0.05, 0) is 13.8 Å². The van der Waals surface area contributed by atoms with Crippen LogP contribution in [0, 0.1) is 6.92 Å². The fourth-order valence-electron chi connectivity index (χ4n) is 2.22. The van der Waals surface area contributed by atoms with E-state index in [0.29, 0.717) is 18.1 Å². The molecule has 0 radical (unpaired) electrons. The molecule has 9 nitrogen and oxygen atoms in total. The lowest BCUT2D eigenvalue weighted by molar-refractivity contribution is -0.165. The summed E-state index contributed by atoms with van der Waals surface area (Å²) >= 11 is 1.15. The summed E-state index contributed by atoms with van der Waals surface area (Å²) in [6, 6.07) is 1.59. The molecule has 2 N–H and O–H groups in total. The first-order valence-corrected chi connectivity index (χ1v) is 8.47. The molecule has 1 fully saturated rings. The van der Waals surface area contributed by atoms with Crippen LogP contribution >= 0.6 is 11.8 Å². The quantitative estimate of drug-likeness (QED) is 0.748. The van der Waals surface area contributed by atoms with Gasteiger partial charge in [0.05, 0.1) is 24.2 Å². The number of carbonyl (C=O) groups is 3. The van der Waals surface area contributed by atoms with E-state index in [9.17, 15) is 14.4 Å². The molecule has 1 unspecified atom stereocenters. The summed E-state index contributed by atoms with van der Waals surface area (Å²) in [5, 5.41) is 15.2. The van der Waals surface area contributed by atoms with Crippen LogP contribution in [0.25, 0.3) is 0 Å². The van der Waals surface area contributed by atoms with Crippen molar-refractivity contribution in [2.75, 3.05) is 29.9 Å². The van der Waals surface area contributed by atoms with Crippen LogP contribution in [-0.4, -0.2) is 69.7 Å². The first-order valence-electron chi connectivity index (χ1n) is 7.32. The third-order valence-electron chi connectivity index (χ3n) is 3.24. The SMILES string of the molecule is Cc1cc(NC(=O)CSCC(=O)N2CC(C(=O)O)O[C@H](C)C2)no1. The Morgan fingerprint density at radius 2 is 2.17 bits per heavy atom. The van der Waals surface area contributed by atoms with E-state index in [2.05, 4.69) is 10.5 Å². The van der Waals surface area contributed by atoms with E-state index >= 15 is 0 Å². The highest BCUT2D eigenvalue weighted by atomic mass is 32.2. The fourth-order valence-corrected chi connectivity index (χ4v) is 2.93. The predicted molar refractivity (Wildman–Crippen MR) is 85.7 cm³/mol. The second kappa shape index (κ2) is 8.15. The second-order valence-electron chi connectivity index (χ2n) is 5.44. The number of thioether (sulfide) groups is 1. The molecule has 2 amide bonds. The molecule has 1 aromatic rings. The van der Waals surface area contributed by atoms with Gasteiger partial charge in [-0.3, -0.25) is 9.59 Å². The van der Waals surface area contributed by atoms with E-state index < -0.39 is 12.1 Å². The molecule has 10 heteroatoms. The number of hydrogen-bond acceptors (Lipinski definition) is 7. The molecule has 1 aromatic heterocycles. The summed E-state index contributed by atoms with van der Waals surface area (Å²) in [7, 11) is 0. The van der Waals surface area contributed by atoms with Gasteiger partial charge >= 0.3 is 5.97 Å². The highest BCUT2D eigenvalue weighted by Gasteiger charge is 2.32. The van der Waals surface area contributed by atoms with Gasteiger partial charge in [0.25, 0.3) is 0 Å². The molecule has 0 aliphatic carbocycles. The van der Waals surface area contributed by atoms with Crippen LogP contribution in [-0.2, 0) is 19.1 Å². The second-order valence-corrected chi connectivity index (χ2v) is 6.42. The van der Waals surface area contributed by atoms with Crippen LogP contribution in [0.3, 0.4) is 0 Å². The normalized spacial score (nSPS) is 20.7. The van der Waals surface area contributed by atoms with Crippen molar-refractivity contribution in [1.82, 2.24) is 10.1 Å². The zero-order valence-electron chi connectivity index (χ0n) is 13.4. The third-order valence-corrected chi connectivity index (χ3v) is 4.16. The lowest BCUT2D eigenvalue weighted by atomic mass is 10.2. The Labute approximate surface area is 142 Å². The number of aryl methyl sites for hydroxylation is 1. The van der Waals surface area contributed by atoms with Gasteiger partial charge in [0.1, 0.15) is 5.76 Å². The van der Waals surface area contributed by atoms with E-state index in [-0.39, 0.29) is 36.0 Å². The van der Waals surface area contributed by atoms with E-state index in [1.54, 1.807) is 19.9 Å². The number of aliphatic carboxylic acids is 1. The van der Waals surface area contributed by atoms with E-state index in [4.69, 9.17) is 14.4 Å². The minimum Gasteiger partial charge on any atom is -0.479 e. The molecule has 2 atom stereocenters. The van der Waals surface area contributed by atoms with Gasteiger partial charge in [-0.25, -0.2) is 4.79 Å². The van der Waals surface area contributed by atoms with Crippen LogP contribution in [0.5, 0.6) is 0 Å². The first kappa shape index (κ1) is 18.3. The standard InChI is InChI=1S/C14H19N3O6S/c1-8-3-11(16-23-8)15-12(18)6-24-7-13(19)17-4-9(2)22-10(5-17)14(20)21/h3,9-10H,4-7H2,1-2H3,(H,20,21)(H,15,16,18)/t9-,10?/m1/s1. The van der Waals surface area contributed by atoms with Crippen molar-refractivity contribution in [2.24, 2.45) is 0 Å². The average Bonchev–Trinajstić information content (AvgIpc) is 2.91. The summed E-state index contributed by atoms with van der Waals surface area (Å²) in [5.74, 6) is -0.511. The zero-order valence-corrected chi connectivity index (χ0v) is 14.2. The number of morpholine rings is 1. The molecule has 0 spiro atoms. The van der Waals surface area contributed by atoms with Crippen LogP contribution in [0.1, 0.15) is 12.7 Å². The smallest absolute Gasteiger partial charge is 0.334 e. The zero-order chi connectivity index (χ0) is 17.7. The molecule has 1 saturated heterocycles. The summed E-state index contributed by atoms with van der Waals surface area (Å²) in [6.45, 7) is 3.79. The maximum atomic E-state index is 12.2. The summed E-state index contributed by atoms with van der Waals surface area (Å²) in [5.41, 5.74) is 0. The third kappa shape index (κ3) is 5.24. The fraction of sp³-hybridized carbons (Fsp3) is 0.571. The van der Waals surface area contributed by atoms with Crippen molar-refractivity contribution in [2.45, 2.75) is 26.1 Å². The Bertz CT molecular complexity index is 619. The molecule has 0 bridgehead atoms. The monoisotopic (exact) mass is 357 g/mol. The largest absolute Gasteiger partial charge is 0.479 e. The molecule has 2 rings (SSSR count). The lowest BCUT2D eigenvalue weighted by Crippen LogP contribution is -2.52. The van der Waals surface area contributed by atoms with Gasteiger partial charge in [-0.1, -0.05) is 5.16 Å². The van der Waals surface area contributed by atoms with Crippen molar-refractivity contribution >= 4 is 35.4 Å². The van der Waals surface area contributed by atoms with E-state index in [1.165, 1.54) is 4.90 Å². The number of anilines is 1. The number of rotatable bonds is 6. The topological polar surface area (TPSA) is 122 Å². The maximum Gasteiger partial charge on any atom is 0.334 e. The number of nitrogens with one attached hydrogen (secondary N) is 1. The Morgan fingerprint density at radius 1 is 1.42 bits per heavy atom. The van der Waals surface area contributed by atoms with Crippen molar-refractivity contribution in [3.63, 3.8) is 0 Å². The molecule has 0 aromatic carbocycles. The molecule has 0 saturated carbocycles. The first-order chi connectivity index (χ1) is 11.3. The molecular formula is C14H19N3O6S. The molecule has 1 aliphatic heterocycles. The van der Waals surface area contributed by atoms with Crippen molar-refractivity contribution < 1.29 is 28.8 Å². The lowest BCUT2D eigenvalue weighted by Gasteiger charge is -2.34. The summed E-state index contributed by atoms with van der Waals surface area (Å²) in [4.78, 5) is 36.4. The van der Waals surface area contributed by atoms with Gasteiger partial charge in [-0.15, -0.1) is 11.8 Å². The number of amides is 2. The van der Waals surface area contributed by atoms with E-state index in [1.807, 2.05) is 0 Å². The van der Waals surface area contributed by atoms with Crippen LogP contribution in [0.4, 0.5) is 5.82 Å². The van der Waals surface area contributed by atoms with Gasteiger partial charge in [0.2, 0.25) is 11.8 Å². The van der Waals surface area contributed by atoms with Gasteiger partial charge in [-0.2, -0.15) is 0 Å². The Hall–Kier alpha value is -2.07. The predicted octanol–water partition coefficient (Wildman–Crippen LogP) is 0.355. The van der Waals surface area contributed by atoms with E-state index in [0.717, 1.165) is 11.8 Å². The minimum atomic E-state index is -1.09. The highest BCUT2D eigenvalue weighted by Crippen LogP contribution is 2.14. The Kier molecular flexibility index (Phi) is 6.21. The van der Waals surface area contributed by atoms with Crippen molar-refractivity contribution in [1.29, 1.82) is 0 Å². The van der Waals surface area contributed by atoms with Crippen molar-refractivity contribution in [3.05, 3.63) is 11.8 Å². The average molecular weight is 357 g/mol. The molecular weight excluding hydrogens is 338 g/mol. The molecule has 24 heavy (non-hydrogen) atoms. The number of carboxylic acid groups (broad SMARTS) is 1. The number of nitrogens with zero attached hydrogens (tertiary/aromatic N) is 2. The van der Waals surface area contributed by atoms with Gasteiger partial charge < -0.3 is 24.6 Å². The number of ether oxygens (including phenoxy) is 1.